The Morgan fingerprint density at radius 2 is 2.00 bits per heavy atom. The standard InChI is InChI=1S/C13H23N3O3S/c1-5-19-13(2,3)9-16-12-7-6-10(8-11(12)14)20(17,18)15-4/h6-8,15-16H,5,9,14H2,1-4H3. The van der Waals surface area contributed by atoms with E-state index in [9.17, 15) is 8.42 Å². The normalized spacial score (nSPS) is 12.4. The second-order valence-corrected chi connectivity index (χ2v) is 6.89. The summed E-state index contributed by atoms with van der Waals surface area (Å²) in [6.07, 6.45) is 0. The average Bonchev–Trinajstić information content (AvgIpc) is 2.37. The molecule has 0 saturated heterocycles. The maximum Gasteiger partial charge on any atom is 0.240 e. The summed E-state index contributed by atoms with van der Waals surface area (Å²) in [5.41, 5.74) is 6.63. The van der Waals surface area contributed by atoms with Gasteiger partial charge in [0.05, 0.1) is 21.9 Å². The van der Waals surface area contributed by atoms with Crippen molar-refractivity contribution >= 4 is 21.4 Å². The first-order valence-electron chi connectivity index (χ1n) is 6.43. The Bertz CT molecular complexity index is 556. The van der Waals surface area contributed by atoms with Crippen LogP contribution in [-0.2, 0) is 14.8 Å². The number of nitrogens with one attached hydrogen (secondary N) is 2. The van der Waals surface area contributed by atoms with Crippen molar-refractivity contribution in [1.29, 1.82) is 0 Å². The molecule has 7 heteroatoms. The van der Waals surface area contributed by atoms with E-state index in [1.54, 1.807) is 6.07 Å². The third kappa shape index (κ3) is 4.36. The molecular weight excluding hydrogens is 278 g/mol. The van der Waals surface area contributed by atoms with Crippen LogP contribution in [0.3, 0.4) is 0 Å². The van der Waals surface area contributed by atoms with Crippen molar-refractivity contribution in [1.82, 2.24) is 4.72 Å². The molecule has 0 spiro atoms. The van der Waals surface area contributed by atoms with Gasteiger partial charge in [0.15, 0.2) is 0 Å². The van der Waals surface area contributed by atoms with Gasteiger partial charge in [-0.3, -0.25) is 0 Å². The first kappa shape index (κ1) is 16.7. The molecule has 6 nitrogen and oxygen atoms in total. The van der Waals surface area contributed by atoms with E-state index in [2.05, 4.69) is 10.0 Å². The number of benzene rings is 1. The summed E-state index contributed by atoms with van der Waals surface area (Å²) in [6.45, 7) is 7.08. The van der Waals surface area contributed by atoms with Crippen molar-refractivity contribution in [3.63, 3.8) is 0 Å². The highest BCUT2D eigenvalue weighted by Gasteiger charge is 2.18. The summed E-state index contributed by atoms with van der Waals surface area (Å²) in [6, 6.07) is 4.60. The van der Waals surface area contributed by atoms with Crippen molar-refractivity contribution in [3.05, 3.63) is 18.2 Å². The summed E-state index contributed by atoms with van der Waals surface area (Å²) < 4.78 is 31.1. The Hall–Kier alpha value is -1.31. The summed E-state index contributed by atoms with van der Waals surface area (Å²) in [7, 11) is -2.11. The molecule has 0 unspecified atom stereocenters. The zero-order valence-electron chi connectivity index (χ0n) is 12.4. The van der Waals surface area contributed by atoms with Gasteiger partial charge in [0.25, 0.3) is 0 Å². The minimum atomic E-state index is -3.47. The molecule has 0 aliphatic heterocycles. The van der Waals surface area contributed by atoms with Crippen molar-refractivity contribution in [2.45, 2.75) is 31.3 Å². The van der Waals surface area contributed by atoms with Crippen LogP contribution >= 0.6 is 0 Å². The number of hydrogen-bond donors (Lipinski definition) is 3. The minimum absolute atomic E-state index is 0.145. The smallest absolute Gasteiger partial charge is 0.240 e. The summed E-state index contributed by atoms with van der Waals surface area (Å²) >= 11 is 0. The van der Waals surface area contributed by atoms with Gasteiger partial charge in [0.2, 0.25) is 10.0 Å². The zero-order valence-corrected chi connectivity index (χ0v) is 13.2. The molecule has 1 aromatic rings. The average molecular weight is 301 g/mol. The molecule has 20 heavy (non-hydrogen) atoms. The SMILES string of the molecule is CCOC(C)(C)CNc1ccc(S(=O)(=O)NC)cc1N. The lowest BCUT2D eigenvalue weighted by Gasteiger charge is -2.26. The number of ether oxygens (including phenoxy) is 1. The molecule has 1 rings (SSSR count). The maximum atomic E-state index is 11.7. The van der Waals surface area contributed by atoms with Crippen LogP contribution in [0.1, 0.15) is 20.8 Å². The van der Waals surface area contributed by atoms with Crippen LogP contribution in [0.5, 0.6) is 0 Å². The summed E-state index contributed by atoms with van der Waals surface area (Å²) in [4.78, 5) is 0.145. The van der Waals surface area contributed by atoms with Gasteiger partial charge < -0.3 is 15.8 Å². The lowest BCUT2D eigenvalue weighted by Crippen LogP contribution is -2.33. The highest BCUT2D eigenvalue weighted by atomic mass is 32.2. The molecular formula is C13H23N3O3S. The lowest BCUT2D eigenvalue weighted by molar-refractivity contribution is 0.000708. The van der Waals surface area contributed by atoms with Gasteiger partial charge in [0.1, 0.15) is 0 Å². The van der Waals surface area contributed by atoms with Crippen molar-refractivity contribution in [3.8, 4) is 0 Å². The highest BCUT2D eigenvalue weighted by Crippen LogP contribution is 2.23. The predicted molar refractivity (Wildman–Crippen MR) is 81.3 cm³/mol. The first-order valence-corrected chi connectivity index (χ1v) is 7.91. The van der Waals surface area contributed by atoms with E-state index in [1.807, 2.05) is 20.8 Å². The number of rotatable bonds is 7. The van der Waals surface area contributed by atoms with E-state index < -0.39 is 10.0 Å². The maximum absolute atomic E-state index is 11.7. The first-order chi connectivity index (χ1) is 9.22. The number of nitrogen functional groups attached to an aromatic ring is 1. The fourth-order valence-corrected chi connectivity index (χ4v) is 2.50. The van der Waals surface area contributed by atoms with Gasteiger partial charge in [-0.2, -0.15) is 0 Å². The number of nitrogens with two attached hydrogens (primary N) is 1. The second kappa shape index (κ2) is 6.43. The molecule has 0 amide bonds. The molecule has 0 saturated carbocycles. The predicted octanol–water partition coefficient (Wildman–Crippen LogP) is 1.40. The molecule has 0 fully saturated rings. The lowest BCUT2D eigenvalue weighted by atomic mass is 10.1. The summed E-state index contributed by atoms with van der Waals surface area (Å²) in [5, 5.41) is 3.17. The Morgan fingerprint density at radius 1 is 1.35 bits per heavy atom. The third-order valence-electron chi connectivity index (χ3n) is 2.84. The Morgan fingerprint density at radius 3 is 2.50 bits per heavy atom. The monoisotopic (exact) mass is 301 g/mol. The van der Waals surface area contributed by atoms with Crippen molar-refractivity contribution < 1.29 is 13.2 Å². The molecule has 114 valence electrons. The van der Waals surface area contributed by atoms with Gasteiger partial charge in [-0.15, -0.1) is 0 Å². The van der Waals surface area contributed by atoms with Crippen LogP contribution in [0.4, 0.5) is 11.4 Å². The molecule has 0 atom stereocenters. The molecule has 0 aliphatic rings. The number of hydrogen-bond acceptors (Lipinski definition) is 5. The number of anilines is 2. The van der Waals surface area contributed by atoms with E-state index in [-0.39, 0.29) is 10.5 Å². The van der Waals surface area contributed by atoms with Crippen LogP contribution in [0.2, 0.25) is 0 Å². The van der Waals surface area contributed by atoms with Gasteiger partial charge in [0, 0.05) is 13.2 Å². The highest BCUT2D eigenvalue weighted by molar-refractivity contribution is 7.89. The molecule has 0 bridgehead atoms. The van der Waals surface area contributed by atoms with Crippen molar-refractivity contribution in [2.75, 3.05) is 31.2 Å². The second-order valence-electron chi connectivity index (χ2n) is 5.00. The molecule has 0 aromatic heterocycles. The Kier molecular flexibility index (Phi) is 5.38. The summed E-state index contributed by atoms with van der Waals surface area (Å²) in [5.74, 6) is 0. The Labute approximate surface area is 120 Å². The molecule has 0 radical (unpaired) electrons. The van der Waals surface area contributed by atoms with E-state index in [0.29, 0.717) is 24.5 Å². The van der Waals surface area contributed by atoms with Gasteiger partial charge >= 0.3 is 0 Å². The van der Waals surface area contributed by atoms with Gasteiger partial charge in [-0.1, -0.05) is 0 Å². The Balaban J connectivity index is 2.85. The third-order valence-corrected chi connectivity index (χ3v) is 4.25. The van der Waals surface area contributed by atoms with Gasteiger partial charge in [-0.05, 0) is 46.0 Å². The van der Waals surface area contributed by atoms with Crippen LogP contribution < -0.4 is 15.8 Å². The van der Waals surface area contributed by atoms with E-state index >= 15 is 0 Å². The van der Waals surface area contributed by atoms with Crippen LogP contribution in [0.25, 0.3) is 0 Å². The van der Waals surface area contributed by atoms with Crippen LogP contribution in [-0.4, -0.2) is 34.2 Å². The van der Waals surface area contributed by atoms with E-state index in [4.69, 9.17) is 10.5 Å². The van der Waals surface area contributed by atoms with Crippen LogP contribution in [0, 0.1) is 0 Å². The minimum Gasteiger partial charge on any atom is -0.397 e. The fraction of sp³-hybridized carbons (Fsp3) is 0.538. The fourth-order valence-electron chi connectivity index (χ4n) is 1.74. The number of sulfonamides is 1. The van der Waals surface area contributed by atoms with Gasteiger partial charge in [-0.25, -0.2) is 13.1 Å². The van der Waals surface area contributed by atoms with Crippen molar-refractivity contribution in [2.24, 2.45) is 0 Å². The quantitative estimate of drug-likeness (QED) is 0.662. The van der Waals surface area contributed by atoms with E-state index in [1.165, 1.54) is 19.2 Å². The largest absolute Gasteiger partial charge is 0.397 e. The van der Waals surface area contributed by atoms with E-state index in [0.717, 1.165) is 0 Å². The molecule has 0 aliphatic carbocycles. The topological polar surface area (TPSA) is 93.4 Å². The zero-order chi connectivity index (χ0) is 15.4. The van der Waals surface area contributed by atoms with Crippen LogP contribution in [0.15, 0.2) is 23.1 Å². The molecule has 1 aromatic carbocycles. The molecule has 0 heterocycles. The molecule has 4 N–H and O–H groups in total.